The number of hydrogen-bond acceptors (Lipinski definition) is 6. The molecular weight excluding hydrogens is 401 g/mol. The van der Waals surface area contributed by atoms with Gasteiger partial charge in [-0.15, -0.1) is 0 Å². The summed E-state index contributed by atoms with van der Waals surface area (Å²) in [6, 6.07) is 12.6. The van der Waals surface area contributed by atoms with Crippen LogP contribution in [0, 0.1) is 26.6 Å². The monoisotopic (exact) mass is 421 g/mol. The van der Waals surface area contributed by atoms with Crippen LogP contribution in [0.15, 0.2) is 57.6 Å². The van der Waals surface area contributed by atoms with E-state index in [1.54, 1.807) is 31.2 Å². The van der Waals surface area contributed by atoms with Gasteiger partial charge in [0.1, 0.15) is 23.1 Å². The van der Waals surface area contributed by atoms with Crippen LogP contribution in [0.5, 0.6) is 11.5 Å². The van der Waals surface area contributed by atoms with E-state index in [1.807, 2.05) is 13.8 Å². The molecule has 0 aliphatic rings. The fraction of sp³-hybridized carbons (Fsp3) is 0.174. The molecule has 1 amide bonds. The van der Waals surface area contributed by atoms with E-state index in [0.717, 1.165) is 11.3 Å². The molecule has 7 nitrogen and oxygen atoms in total. The Kier molecular flexibility index (Phi) is 5.53. The van der Waals surface area contributed by atoms with Gasteiger partial charge in [-0.3, -0.25) is 4.79 Å². The second-order valence-corrected chi connectivity index (χ2v) is 7.05. The molecule has 0 fully saturated rings. The zero-order valence-corrected chi connectivity index (χ0v) is 17.2. The number of halogens is 1. The standard InChI is InChI=1S/C23H20FN3O4/c1-13-18(14(2)30-26-13)12-19-15(3)31-27-22(19)23(28)25-20-6-4-5-7-21(20)29-17-10-8-16(24)9-11-17/h4-11H,12H2,1-3H3,(H,25,28). The Hall–Kier alpha value is -3.94. The van der Waals surface area contributed by atoms with Gasteiger partial charge in [-0.1, -0.05) is 22.4 Å². The first-order valence-corrected chi connectivity index (χ1v) is 9.63. The maximum atomic E-state index is 13.2. The van der Waals surface area contributed by atoms with E-state index in [-0.39, 0.29) is 11.5 Å². The van der Waals surface area contributed by atoms with Gasteiger partial charge in [0.25, 0.3) is 5.91 Å². The first-order valence-electron chi connectivity index (χ1n) is 9.63. The number of amides is 1. The summed E-state index contributed by atoms with van der Waals surface area (Å²) in [7, 11) is 0. The van der Waals surface area contributed by atoms with Gasteiger partial charge in [0.2, 0.25) is 0 Å². The SMILES string of the molecule is Cc1noc(C)c1Cc1c(C(=O)Nc2ccccc2Oc2ccc(F)cc2)noc1C. The van der Waals surface area contributed by atoms with Gasteiger partial charge in [-0.05, 0) is 57.2 Å². The number of aromatic nitrogens is 2. The molecule has 0 radical (unpaired) electrons. The van der Waals surface area contributed by atoms with Crippen molar-refractivity contribution in [3.8, 4) is 11.5 Å². The van der Waals surface area contributed by atoms with Crippen molar-refractivity contribution in [1.82, 2.24) is 10.3 Å². The molecule has 0 aliphatic heterocycles. The molecule has 0 bridgehead atoms. The molecule has 158 valence electrons. The highest BCUT2D eigenvalue weighted by atomic mass is 19.1. The molecule has 4 aromatic rings. The van der Waals surface area contributed by atoms with Crippen LogP contribution in [0.1, 0.15) is 38.8 Å². The molecule has 8 heteroatoms. The predicted molar refractivity (Wildman–Crippen MR) is 111 cm³/mol. The Morgan fingerprint density at radius 1 is 0.968 bits per heavy atom. The summed E-state index contributed by atoms with van der Waals surface area (Å²) in [5.74, 6) is 1.29. The second kappa shape index (κ2) is 8.43. The first kappa shape index (κ1) is 20.3. The molecule has 2 heterocycles. The molecule has 0 unspecified atom stereocenters. The van der Waals surface area contributed by atoms with Crippen molar-refractivity contribution in [1.29, 1.82) is 0 Å². The molecular formula is C23H20FN3O4. The molecule has 2 aromatic carbocycles. The zero-order chi connectivity index (χ0) is 22.0. The quantitative estimate of drug-likeness (QED) is 0.451. The van der Waals surface area contributed by atoms with Crippen LogP contribution in [0.3, 0.4) is 0 Å². The lowest BCUT2D eigenvalue weighted by Crippen LogP contribution is -2.15. The summed E-state index contributed by atoms with van der Waals surface area (Å²) in [5, 5.41) is 10.7. The van der Waals surface area contributed by atoms with E-state index >= 15 is 0 Å². The highest BCUT2D eigenvalue weighted by Gasteiger charge is 2.23. The summed E-state index contributed by atoms with van der Waals surface area (Å²) >= 11 is 0. The number of aryl methyl sites for hydroxylation is 3. The van der Waals surface area contributed by atoms with E-state index in [0.29, 0.717) is 40.7 Å². The smallest absolute Gasteiger partial charge is 0.278 e. The maximum absolute atomic E-state index is 13.2. The average Bonchev–Trinajstić information content (AvgIpc) is 3.28. The summed E-state index contributed by atoms with van der Waals surface area (Å²) in [6.07, 6.45) is 0.410. The Bertz CT molecular complexity index is 1210. The normalized spacial score (nSPS) is 10.8. The third kappa shape index (κ3) is 4.32. The third-order valence-electron chi connectivity index (χ3n) is 4.91. The van der Waals surface area contributed by atoms with Crippen molar-refractivity contribution in [2.45, 2.75) is 27.2 Å². The fourth-order valence-electron chi connectivity index (χ4n) is 3.18. The number of nitrogens with one attached hydrogen (secondary N) is 1. The molecule has 0 aliphatic carbocycles. The van der Waals surface area contributed by atoms with Crippen molar-refractivity contribution in [3.05, 3.63) is 88.4 Å². The van der Waals surface area contributed by atoms with Crippen LogP contribution in [0.25, 0.3) is 0 Å². The minimum absolute atomic E-state index is 0.175. The molecule has 31 heavy (non-hydrogen) atoms. The minimum atomic E-state index is -0.436. The van der Waals surface area contributed by atoms with Crippen LogP contribution in [0.2, 0.25) is 0 Å². The average molecular weight is 421 g/mol. The first-order chi connectivity index (χ1) is 14.9. The van der Waals surface area contributed by atoms with E-state index in [2.05, 4.69) is 15.6 Å². The third-order valence-corrected chi connectivity index (χ3v) is 4.91. The van der Waals surface area contributed by atoms with E-state index in [1.165, 1.54) is 24.3 Å². The lowest BCUT2D eigenvalue weighted by atomic mass is 10.0. The van der Waals surface area contributed by atoms with Gasteiger partial charge in [-0.2, -0.15) is 0 Å². The lowest BCUT2D eigenvalue weighted by molar-refractivity contribution is 0.101. The van der Waals surface area contributed by atoms with Crippen LogP contribution in [0.4, 0.5) is 10.1 Å². The number of benzene rings is 2. The number of nitrogens with zero attached hydrogens (tertiary/aromatic N) is 2. The van der Waals surface area contributed by atoms with Gasteiger partial charge in [0.15, 0.2) is 11.4 Å². The molecule has 0 saturated heterocycles. The number of carbonyl (C=O) groups excluding carboxylic acids is 1. The minimum Gasteiger partial charge on any atom is -0.455 e. The number of ether oxygens (including phenoxy) is 1. The highest BCUT2D eigenvalue weighted by molar-refractivity contribution is 6.04. The van der Waals surface area contributed by atoms with Crippen molar-refractivity contribution >= 4 is 11.6 Å². The molecule has 0 atom stereocenters. The van der Waals surface area contributed by atoms with Crippen LogP contribution in [-0.4, -0.2) is 16.2 Å². The van der Waals surface area contributed by atoms with Crippen molar-refractivity contribution < 1.29 is 23.0 Å². The summed E-state index contributed by atoms with van der Waals surface area (Å²) in [6.45, 7) is 5.42. The number of anilines is 1. The molecule has 0 spiro atoms. The van der Waals surface area contributed by atoms with Crippen molar-refractivity contribution in [2.75, 3.05) is 5.32 Å². The lowest BCUT2D eigenvalue weighted by Gasteiger charge is -2.12. The number of carbonyl (C=O) groups is 1. The molecule has 0 saturated carbocycles. The van der Waals surface area contributed by atoms with E-state index < -0.39 is 5.91 Å². The van der Waals surface area contributed by atoms with Gasteiger partial charge in [-0.25, -0.2) is 4.39 Å². The Morgan fingerprint density at radius 3 is 2.35 bits per heavy atom. The Labute approximate surface area is 177 Å². The largest absolute Gasteiger partial charge is 0.455 e. The Morgan fingerprint density at radius 2 is 1.65 bits per heavy atom. The van der Waals surface area contributed by atoms with E-state index in [9.17, 15) is 9.18 Å². The van der Waals surface area contributed by atoms with Crippen molar-refractivity contribution in [3.63, 3.8) is 0 Å². The summed E-state index contributed by atoms with van der Waals surface area (Å²) in [5.41, 5.74) is 2.92. The van der Waals surface area contributed by atoms with Crippen LogP contribution < -0.4 is 10.1 Å². The van der Waals surface area contributed by atoms with Crippen molar-refractivity contribution in [2.24, 2.45) is 0 Å². The van der Waals surface area contributed by atoms with Gasteiger partial charge in [0, 0.05) is 17.5 Å². The van der Waals surface area contributed by atoms with E-state index in [4.69, 9.17) is 13.8 Å². The fourth-order valence-corrected chi connectivity index (χ4v) is 3.18. The van der Waals surface area contributed by atoms with Gasteiger partial charge < -0.3 is 19.1 Å². The molecule has 4 rings (SSSR count). The maximum Gasteiger partial charge on any atom is 0.278 e. The van der Waals surface area contributed by atoms with Gasteiger partial charge in [0.05, 0.1) is 11.4 Å². The summed E-state index contributed by atoms with van der Waals surface area (Å²) in [4.78, 5) is 13.0. The van der Waals surface area contributed by atoms with Crippen LogP contribution in [-0.2, 0) is 6.42 Å². The molecule has 2 aromatic heterocycles. The topological polar surface area (TPSA) is 90.4 Å². The van der Waals surface area contributed by atoms with Crippen LogP contribution >= 0.6 is 0 Å². The predicted octanol–water partition coefficient (Wildman–Crippen LogP) is 5.36. The number of hydrogen-bond donors (Lipinski definition) is 1. The number of para-hydroxylation sites is 2. The Balaban J connectivity index is 1.58. The number of rotatable bonds is 6. The zero-order valence-electron chi connectivity index (χ0n) is 17.2. The van der Waals surface area contributed by atoms with Gasteiger partial charge >= 0.3 is 0 Å². The molecule has 1 N–H and O–H groups in total. The highest BCUT2D eigenvalue weighted by Crippen LogP contribution is 2.30. The second-order valence-electron chi connectivity index (χ2n) is 7.05. The summed E-state index contributed by atoms with van der Waals surface area (Å²) < 4.78 is 29.5.